The number of hydrogen-bond acceptors (Lipinski definition) is 6. The molecule has 0 radical (unpaired) electrons. The number of rotatable bonds is 10. The fraction of sp³-hybridized carbons (Fsp3) is 0.600. The summed E-state index contributed by atoms with van der Waals surface area (Å²) in [6.07, 6.45) is 2.01. The largest absolute Gasteiger partial charge is 0.377 e. The Labute approximate surface area is 166 Å². The Morgan fingerprint density at radius 3 is 2.57 bits per heavy atom. The van der Waals surface area contributed by atoms with Gasteiger partial charge in [-0.3, -0.25) is 9.59 Å². The molecule has 1 N–H and O–H groups in total. The summed E-state index contributed by atoms with van der Waals surface area (Å²) in [5.41, 5.74) is 2.58. The van der Waals surface area contributed by atoms with E-state index in [1.54, 1.807) is 4.90 Å². The molecule has 1 saturated heterocycles. The van der Waals surface area contributed by atoms with Gasteiger partial charge in [0.1, 0.15) is 13.2 Å². The van der Waals surface area contributed by atoms with E-state index in [-0.39, 0.29) is 31.1 Å². The van der Waals surface area contributed by atoms with Gasteiger partial charge in [-0.1, -0.05) is 0 Å². The van der Waals surface area contributed by atoms with E-state index in [0.29, 0.717) is 18.8 Å². The number of nitrogens with zero attached hydrogens (tertiary/aromatic N) is 2. The number of amides is 2. The molecule has 1 aliphatic rings. The molecular weight excluding hydrogens is 362 g/mol. The number of carbonyl (C=O) groups is 2. The lowest BCUT2D eigenvalue weighted by molar-refractivity contribution is -0.137. The van der Waals surface area contributed by atoms with E-state index in [2.05, 4.69) is 5.32 Å². The van der Waals surface area contributed by atoms with Gasteiger partial charge in [0.05, 0.1) is 6.10 Å². The molecule has 8 heteroatoms. The van der Waals surface area contributed by atoms with Crippen molar-refractivity contribution in [3.8, 4) is 0 Å². The van der Waals surface area contributed by atoms with Gasteiger partial charge in [-0.25, -0.2) is 0 Å². The molecule has 0 spiro atoms. The Morgan fingerprint density at radius 1 is 1.21 bits per heavy atom. The molecule has 8 nitrogen and oxygen atoms in total. The Bertz CT molecular complexity index is 659. The van der Waals surface area contributed by atoms with Crippen LogP contribution in [0, 0.1) is 0 Å². The highest BCUT2D eigenvalue weighted by molar-refractivity contribution is 5.92. The standard InChI is InChI=1S/C20H31N3O5/c1-22(2)18-8-7-16(21-19(24)13-26-3)10-15(18)11-23(20(25)14-27-4)12-17-6-5-9-28-17/h7-8,10,17H,5-6,9,11-14H2,1-4H3,(H,21,24)/t17-/m0/s1. The summed E-state index contributed by atoms with van der Waals surface area (Å²) in [7, 11) is 6.89. The molecule has 1 aliphatic heterocycles. The van der Waals surface area contributed by atoms with E-state index in [0.717, 1.165) is 30.7 Å². The van der Waals surface area contributed by atoms with Crippen LogP contribution in [0.1, 0.15) is 18.4 Å². The molecule has 1 fully saturated rings. The van der Waals surface area contributed by atoms with Crippen LogP contribution in [0.15, 0.2) is 18.2 Å². The van der Waals surface area contributed by atoms with Gasteiger partial charge in [0.15, 0.2) is 0 Å². The van der Waals surface area contributed by atoms with Crippen LogP contribution in [0.4, 0.5) is 11.4 Å². The maximum atomic E-state index is 12.6. The Kier molecular flexibility index (Phi) is 8.69. The first-order chi connectivity index (χ1) is 13.4. The van der Waals surface area contributed by atoms with Crippen LogP contribution < -0.4 is 10.2 Å². The highest BCUT2D eigenvalue weighted by Crippen LogP contribution is 2.25. The van der Waals surface area contributed by atoms with E-state index in [1.165, 1.54) is 14.2 Å². The molecule has 0 unspecified atom stereocenters. The molecule has 1 aromatic rings. The number of anilines is 2. The number of benzene rings is 1. The van der Waals surface area contributed by atoms with E-state index in [9.17, 15) is 9.59 Å². The molecule has 0 aliphatic carbocycles. The van der Waals surface area contributed by atoms with E-state index < -0.39 is 0 Å². The summed E-state index contributed by atoms with van der Waals surface area (Å²) >= 11 is 0. The number of methoxy groups -OCH3 is 2. The Morgan fingerprint density at radius 2 is 1.96 bits per heavy atom. The monoisotopic (exact) mass is 393 g/mol. The second-order valence-electron chi connectivity index (χ2n) is 7.06. The van der Waals surface area contributed by atoms with Crippen LogP contribution in [0.2, 0.25) is 0 Å². The van der Waals surface area contributed by atoms with Crippen molar-refractivity contribution in [2.24, 2.45) is 0 Å². The third-order valence-corrected chi connectivity index (χ3v) is 4.55. The van der Waals surface area contributed by atoms with Gasteiger partial charge in [0.25, 0.3) is 0 Å². The van der Waals surface area contributed by atoms with Gasteiger partial charge in [0.2, 0.25) is 11.8 Å². The highest BCUT2D eigenvalue weighted by atomic mass is 16.5. The average Bonchev–Trinajstić information content (AvgIpc) is 3.14. The molecule has 1 atom stereocenters. The predicted molar refractivity (Wildman–Crippen MR) is 108 cm³/mol. The van der Waals surface area contributed by atoms with Gasteiger partial charge >= 0.3 is 0 Å². The van der Waals surface area contributed by atoms with Gasteiger partial charge in [-0.15, -0.1) is 0 Å². The normalized spacial score (nSPS) is 16.1. The molecule has 2 amide bonds. The lowest BCUT2D eigenvalue weighted by Gasteiger charge is -2.28. The summed E-state index contributed by atoms with van der Waals surface area (Å²) in [6.45, 7) is 1.68. The van der Waals surface area contributed by atoms with Crippen molar-refractivity contribution in [1.29, 1.82) is 0 Å². The summed E-state index contributed by atoms with van der Waals surface area (Å²) in [6, 6.07) is 5.67. The number of hydrogen-bond donors (Lipinski definition) is 1. The second-order valence-corrected chi connectivity index (χ2v) is 7.06. The third kappa shape index (κ3) is 6.47. The van der Waals surface area contributed by atoms with Crippen LogP contribution in [-0.2, 0) is 30.3 Å². The minimum atomic E-state index is -0.224. The molecule has 0 aromatic heterocycles. The summed E-state index contributed by atoms with van der Waals surface area (Å²) in [5, 5.41) is 2.81. The first-order valence-corrected chi connectivity index (χ1v) is 9.42. The first-order valence-electron chi connectivity index (χ1n) is 9.42. The van der Waals surface area contributed by atoms with Crippen molar-refractivity contribution >= 4 is 23.2 Å². The fourth-order valence-corrected chi connectivity index (χ4v) is 3.26. The van der Waals surface area contributed by atoms with Crippen molar-refractivity contribution in [3.63, 3.8) is 0 Å². The molecule has 2 rings (SSSR count). The predicted octanol–water partition coefficient (Wildman–Crippen LogP) is 1.49. The zero-order valence-electron chi connectivity index (χ0n) is 17.2. The maximum absolute atomic E-state index is 12.6. The Balaban J connectivity index is 2.23. The summed E-state index contributed by atoms with van der Waals surface area (Å²) in [4.78, 5) is 28.2. The molecule has 0 saturated carbocycles. The second kappa shape index (κ2) is 11.0. The molecule has 28 heavy (non-hydrogen) atoms. The van der Waals surface area contributed by atoms with Crippen LogP contribution in [0.25, 0.3) is 0 Å². The zero-order chi connectivity index (χ0) is 20.5. The van der Waals surface area contributed by atoms with Gasteiger partial charge in [0, 0.05) is 59.4 Å². The van der Waals surface area contributed by atoms with Gasteiger partial charge < -0.3 is 29.3 Å². The smallest absolute Gasteiger partial charge is 0.250 e. The number of nitrogens with one attached hydrogen (secondary N) is 1. The van der Waals surface area contributed by atoms with E-state index in [1.807, 2.05) is 37.2 Å². The average molecular weight is 393 g/mol. The van der Waals surface area contributed by atoms with Crippen LogP contribution in [0.3, 0.4) is 0 Å². The van der Waals surface area contributed by atoms with Crippen LogP contribution in [-0.4, -0.2) is 77.5 Å². The fourth-order valence-electron chi connectivity index (χ4n) is 3.26. The Hall–Kier alpha value is -2.16. The van der Waals surface area contributed by atoms with Gasteiger partial charge in [-0.05, 0) is 36.6 Å². The SMILES string of the molecule is COCC(=O)Nc1ccc(N(C)C)c(CN(C[C@@H]2CCCO2)C(=O)COC)c1. The van der Waals surface area contributed by atoms with E-state index >= 15 is 0 Å². The maximum Gasteiger partial charge on any atom is 0.250 e. The summed E-state index contributed by atoms with van der Waals surface area (Å²) in [5.74, 6) is -0.311. The third-order valence-electron chi connectivity index (χ3n) is 4.55. The number of carbonyl (C=O) groups excluding carboxylic acids is 2. The van der Waals surface area contributed by atoms with E-state index in [4.69, 9.17) is 14.2 Å². The van der Waals surface area contributed by atoms with Crippen LogP contribution >= 0.6 is 0 Å². The van der Waals surface area contributed by atoms with Crippen molar-refractivity contribution in [3.05, 3.63) is 23.8 Å². The van der Waals surface area contributed by atoms with Crippen molar-refractivity contribution in [2.75, 3.05) is 64.9 Å². The molecular formula is C20H31N3O5. The molecule has 0 bridgehead atoms. The van der Waals surface area contributed by atoms with Crippen LogP contribution in [0.5, 0.6) is 0 Å². The van der Waals surface area contributed by atoms with Crippen molar-refractivity contribution in [1.82, 2.24) is 4.90 Å². The first kappa shape index (κ1) is 22.1. The molecule has 156 valence electrons. The van der Waals surface area contributed by atoms with Crippen molar-refractivity contribution < 1.29 is 23.8 Å². The minimum Gasteiger partial charge on any atom is -0.377 e. The van der Waals surface area contributed by atoms with Gasteiger partial charge in [-0.2, -0.15) is 0 Å². The zero-order valence-corrected chi connectivity index (χ0v) is 17.2. The topological polar surface area (TPSA) is 80.3 Å². The van der Waals surface area contributed by atoms with Crippen molar-refractivity contribution in [2.45, 2.75) is 25.5 Å². The number of ether oxygens (including phenoxy) is 3. The lowest BCUT2D eigenvalue weighted by atomic mass is 10.1. The summed E-state index contributed by atoms with van der Waals surface area (Å²) < 4.78 is 15.6. The minimum absolute atomic E-state index is 0.0117. The highest BCUT2D eigenvalue weighted by Gasteiger charge is 2.24. The quantitative estimate of drug-likeness (QED) is 0.649. The molecule has 1 aromatic carbocycles. The molecule has 1 heterocycles. The lowest BCUT2D eigenvalue weighted by Crippen LogP contribution is -2.39.